The summed E-state index contributed by atoms with van der Waals surface area (Å²) in [6.45, 7) is 3.87. The molecule has 0 aliphatic carbocycles. The first kappa shape index (κ1) is 19.3. The third kappa shape index (κ3) is 3.55. The monoisotopic (exact) mass is 414 g/mol. The number of Topliss-reactive ketones (excluding diaryl/α,β-unsaturated/α-hetero) is 1. The molecule has 0 saturated carbocycles. The van der Waals surface area contributed by atoms with Gasteiger partial charge in [0, 0.05) is 42.2 Å². The van der Waals surface area contributed by atoms with Gasteiger partial charge in [-0.2, -0.15) is 0 Å². The quantitative estimate of drug-likeness (QED) is 0.591. The largest absolute Gasteiger partial charge is 0.496 e. The molecule has 0 unspecified atom stereocenters. The number of methoxy groups -OCH3 is 1. The normalized spacial score (nSPS) is 16.5. The lowest BCUT2D eigenvalue weighted by molar-refractivity contribution is 0.0876. The molecule has 156 valence electrons. The van der Waals surface area contributed by atoms with Crippen molar-refractivity contribution in [1.29, 1.82) is 0 Å². The van der Waals surface area contributed by atoms with Crippen LogP contribution in [0.25, 0.3) is 6.08 Å². The predicted molar refractivity (Wildman–Crippen MR) is 116 cm³/mol. The SMILES string of the molecule is COc1ccccc1C=C1Oc2c(cc3c(c2C)OCN(Cc2ccncc2)C3)C1=O. The van der Waals surface area contributed by atoms with Crippen molar-refractivity contribution < 1.29 is 19.0 Å². The Kier molecular flexibility index (Phi) is 4.92. The summed E-state index contributed by atoms with van der Waals surface area (Å²) in [5.41, 5.74) is 4.39. The highest BCUT2D eigenvalue weighted by atomic mass is 16.5. The number of carbonyl (C=O) groups is 1. The van der Waals surface area contributed by atoms with Gasteiger partial charge in [0.1, 0.15) is 24.0 Å². The Labute approximate surface area is 180 Å². The molecule has 0 saturated heterocycles. The van der Waals surface area contributed by atoms with E-state index in [0.717, 1.165) is 29.0 Å². The number of ether oxygens (including phenoxy) is 3. The third-order valence-corrected chi connectivity index (χ3v) is 5.58. The molecule has 6 heteroatoms. The molecule has 2 aliphatic rings. The number of para-hydroxylation sites is 1. The molecular weight excluding hydrogens is 392 g/mol. The van der Waals surface area contributed by atoms with Crippen LogP contribution in [0.3, 0.4) is 0 Å². The molecule has 0 atom stereocenters. The van der Waals surface area contributed by atoms with Crippen molar-refractivity contribution in [2.45, 2.75) is 20.0 Å². The fraction of sp³-hybridized carbons (Fsp3) is 0.200. The molecule has 0 N–H and O–H groups in total. The van der Waals surface area contributed by atoms with Crippen LogP contribution in [-0.4, -0.2) is 29.5 Å². The fourth-order valence-corrected chi connectivity index (χ4v) is 4.07. The van der Waals surface area contributed by atoms with Crippen LogP contribution in [0.5, 0.6) is 17.2 Å². The Hall–Kier alpha value is -3.64. The topological polar surface area (TPSA) is 60.9 Å². The Morgan fingerprint density at radius 3 is 2.77 bits per heavy atom. The molecule has 3 heterocycles. The first-order valence-corrected chi connectivity index (χ1v) is 10.1. The van der Waals surface area contributed by atoms with Crippen molar-refractivity contribution in [2.75, 3.05) is 13.8 Å². The standard InChI is InChI=1S/C25H22N2O4/c1-16-24-19(14-27(15-30-24)13-17-7-9-26-10-8-17)11-20-23(28)22(31-25(16)20)12-18-5-3-4-6-21(18)29-2/h3-12H,13-15H2,1-2H3. The molecule has 2 aliphatic heterocycles. The minimum atomic E-state index is -0.127. The summed E-state index contributed by atoms with van der Waals surface area (Å²) in [6, 6.07) is 13.4. The number of hydrogen-bond donors (Lipinski definition) is 0. The summed E-state index contributed by atoms with van der Waals surface area (Å²) >= 11 is 0. The number of pyridine rings is 1. The number of allylic oxidation sites excluding steroid dienone is 1. The second kappa shape index (κ2) is 7.89. The van der Waals surface area contributed by atoms with E-state index in [0.29, 0.717) is 36.1 Å². The molecular formula is C25H22N2O4. The van der Waals surface area contributed by atoms with Gasteiger partial charge in [-0.25, -0.2) is 0 Å². The minimum absolute atomic E-state index is 0.127. The Morgan fingerprint density at radius 2 is 1.97 bits per heavy atom. The Balaban J connectivity index is 1.44. The Morgan fingerprint density at radius 1 is 1.16 bits per heavy atom. The third-order valence-electron chi connectivity index (χ3n) is 5.58. The van der Waals surface area contributed by atoms with E-state index in [1.165, 1.54) is 5.56 Å². The van der Waals surface area contributed by atoms with Crippen LogP contribution in [-0.2, 0) is 13.1 Å². The highest BCUT2D eigenvalue weighted by Gasteiger charge is 2.33. The highest BCUT2D eigenvalue weighted by molar-refractivity contribution is 6.15. The number of nitrogens with zero attached hydrogens (tertiary/aromatic N) is 2. The van der Waals surface area contributed by atoms with Gasteiger partial charge in [-0.1, -0.05) is 18.2 Å². The molecule has 0 spiro atoms. The maximum absolute atomic E-state index is 13.1. The predicted octanol–water partition coefficient (Wildman–Crippen LogP) is 4.37. The van der Waals surface area contributed by atoms with E-state index in [1.54, 1.807) is 25.6 Å². The van der Waals surface area contributed by atoms with E-state index < -0.39 is 0 Å². The smallest absolute Gasteiger partial charge is 0.231 e. The number of aromatic nitrogens is 1. The van der Waals surface area contributed by atoms with Gasteiger partial charge in [0.15, 0.2) is 5.76 Å². The molecule has 0 amide bonds. The van der Waals surface area contributed by atoms with Crippen LogP contribution in [0.15, 0.2) is 60.6 Å². The maximum Gasteiger partial charge on any atom is 0.231 e. The molecule has 3 aromatic rings. The second-order valence-corrected chi connectivity index (χ2v) is 7.66. The van der Waals surface area contributed by atoms with Crippen molar-refractivity contribution >= 4 is 11.9 Å². The van der Waals surface area contributed by atoms with Crippen LogP contribution in [0.1, 0.15) is 32.6 Å². The van der Waals surface area contributed by atoms with Gasteiger partial charge in [-0.15, -0.1) is 0 Å². The average Bonchev–Trinajstić information content (AvgIpc) is 3.10. The second-order valence-electron chi connectivity index (χ2n) is 7.66. The molecule has 2 aromatic carbocycles. The maximum atomic E-state index is 13.1. The van der Waals surface area contributed by atoms with E-state index in [2.05, 4.69) is 9.88 Å². The number of rotatable bonds is 4. The van der Waals surface area contributed by atoms with Crippen LogP contribution in [0.4, 0.5) is 0 Å². The van der Waals surface area contributed by atoms with E-state index in [1.807, 2.05) is 49.4 Å². The summed E-state index contributed by atoms with van der Waals surface area (Å²) < 4.78 is 17.5. The van der Waals surface area contributed by atoms with Gasteiger partial charge in [0.05, 0.1) is 12.7 Å². The first-order valence-electron chi connectivity index (χ1n) is 10.1. The van der Waals surface area contributed by atoms with Gasteiger partial charge in [-0.05, 0) is 42.8 Å². The molecule has 1 aromatic heterocycles. The van der Waals surface area contributed by atoms with Crippen LogP contribution >= 0.6 is 0 Å². The minimum Gasteiger partial charge on any atom is -0.496 e. The number of carbonyl (C=O) groups excluding carboxylic acids is 1. The molecule has 31 heavy (non-hydrogen) atoms. The van der Waals surface area contributed by atoms with Gasteiger partial charge in [-0.3, -0.25) is 14.7 Å². The summed E-state index contributed by atoms with van der Waals surface area (Å²) in [4.78, 5) is 19.4. The summed E-state index contributed by atoms with van der Waals surface area (Å²) in [6.07, 6.45) is 5.31. The van der Waals surface area contributed by atoms with Crippen LogP contribution in [0.2, 0.25) is 0 Å². The van der Waals surface area contributed by atoms with E-state index in [-0.39, 0.29) is 5.78 Å². The lowest BCUT2D eigenvalue weighted by Crippen LogP contribution is -2.32. The number of ketones is 1. The summed E-state index contributed by atoms with van der Waals surface area (Å²) in [5, 5.41) is 0. The molecule has 0 fully saturated rings. The molecule has 0 bridgehead atoms. The van der Waals surface area contributed by atoms with Crippen molar-refractivity contribution in [1.82, 2.24) is 9.88 Å². The number of fused-ring (bicyclic) bond motifs is 2. The summed E-state index contributed by atoms with van der Waals surface area (Å²) in [5.74, 6) is 2.23. The fourth-order valence-electron chi connectivity index (χ4n) is 4.07. The molecule has 5 rings (SSSR count). The average molecular weight is 414 g/mol. The van der Waals surface area contributed by atoms with Gasteiger partial charge in [0.25, 0.3) is 0 Å². The van der Waals surface area contributed by atoms with Crippen molar-refractivity contribution in [3.8, 4) is 17.2 Å². The zero-order chi connectivity index (χ0) is 21.4. The van der Waals surface area contributed by atoms with Gasteiger partial charge < -0.3 is 14.2 Å². The van der Waals surface area contributed by atoms with E-state index in [4.69, 9.17) is 14.2 Å². The number of hydrogen-bond acceptors (Lipinski definition) is 6. The van der Waals surface area contributed by atoms with Gasteiger partial charge >= 0.3 is 0 Å². The summed E-state index contributed by atoms with van der Waals surface area (Å²) in [7, 11) is 1.61. The zero-order valence-corrected chi connectivity index (χ0v) is 17.4. The van der Waals surface area contributed by atoms with Crippen LogP contribution in [0, 0.1) is 6.92 Å². The van der Waals surface area contributed by atoms with E-state index in [9.17, 15) is 4.79 Å². The zero-order valence-electron chi connectivity index (χ0n) is 17.4. The lowest BCUT2D eigenvalue weighted by atomic mass is 10.00. The van der Waals surface area contributed by atoms with Gasteiger partial charge in [0.2, 0.25) is 5.78 Å². The molecule has 6 nitrogen and oxygen atoms in total. The Bertz CT molecular complexity index is 1190. The van der Waals surface area contributed by atoms with Crippen molar-refractivity contribution in [3.05, 3.63) is 88.4 Å². The van der Waals surface area contributed by atoms with Crippen molar-refractivity contribution in [3.63, 3.8) is 0 Å². The van der Waals surface area contributed by atoms with Crippen LogP contribution < -0.4 is 14.2 Å². The molecule has 0 radical (unpaired) electrons. The number of benzene rings is 2. The van der Waals surface area contributed by atoms with Crippen molar-refractivity contribution in [2.24, 2.45) is 0 Å². The first-order chi connectivity index (χ1) is 15.1. The lowest BCUT2D eigenvalue weighted by Gasteiger charge is -2.30. The highest BCUT2D eigenvalue weighted by Crippen LogP contribution is 2.43. The van der Waals surface area contributed by atoms with E-state index >= 15 is 0 Å².